The van der Waals surface area contributed by atoms with Crippen LogP contribution in [0.25, 0.3) is 11.3 Å². The SMILES string of the molecule is O=C(O)c1cnc(C(=O)Nc2cc(-c3cccc(F)c3)on2)cn1. The molecule has 1 amide bonds. The molecule has 0 atom stereocenters. The van der Waals surface area contributed by atoms with Crippen LogP contribution in [-0.2, 0) is 0 Å². The number of carbonyl (C=O) groups is 2. The number of halogens is 1. The molecule has 0 bridgehead atoms. The lowest BCUT2D eigenvalue weighted by Crippen LogP contribution is -2.15. The van der Waals surface area contributed by atoms with Crippen molar-refractivity contribution in [3.63, 3.8) is 0 Å². The van der Waals surface area contributed by atoms with E-state index in [1.54, 1.807) is 6.07 Å². The summed E-state index contributed by atoms with van der Waals surface area (Å²) in [5.74, 6) is -1.94. The average molecular weight is 328 g/mol. The van der Waals surface area contributed by atoms with Gasteiger partial charge in [-0.15, -0.1) is 0 Å². The van der Waals surface area contributed by atoms with Crippen molar-refractivity contribution >= 4 is 17.7 Å². The number of carboxylic acid groups (broad SMARTS) is 1. The fraction of sp³-hybridized carbons (Fsp3) is 0. The van der Waals surface area contributed by atoms with Crippen LogP contribution in [0.4, 0.5) is 10.2 Å². The van der Waals surface area contributed by atoms with E-state index in [0.717, 1.165) is 12.4 Å². The second kappa shape index (κ2) is 6.24. The fourth-order valence-corrected chi connectivity index (χ4v) is 1.85. The summed E-state index contributed by atoms with van der Waals surface area (Å²) in [6.07, 6.45) is 2.00. The zero-order valence-electron chi connectivity index (χ0n) is 11.9. The van der Waals surface area contributed by atoms with E-state index in [-0.39, 0.29) is 23.0 Å². The summed E-state index contributed by atoms with van der Waals surface area (Å²) in [6, 6.07) is 7.13. The molecule has 2 aromatic heterocycles. The number of carbonyl (C=O) groups excluding carboxylic acids is 1. The Labute approximate surface area is 134 Å². The van der Waals surface area contributed by atoms with Gasteiger partial charge in [0.1, 0.15) is 11.5 Å². The molecule has 0 unspecified atom stereocenters. The van der Waals surface area contributed by atoms with Crippen molar-refractivity contribution in [2.45, 2.75) is 0 Å². The number of nitrogens with one attached hydrogen (secondary N) is 1. The van der Waals surface area contributed by atoms with Gasteiger partial charge in [0, 0.05) is 11.6 Å². The molecule has 3 rings (SSSR count). The monoisotopic (exact) mass is 328 g/mol. The van der Waals surface area contributed by atoms with Gasteiger partial charge in [0.2, 0.25) is 0 Å². The highest BCUT2D eigenvalue weighted by molar-refractivity contribution is 6.02. The lowest BCUT2D eigenvalue weighted by molar-refractivity contribution is 0.0689. The lowest BCUT2D eigenvalue weighted by Gasteiger charge is -2.00. The molecule has 2 heterocycles. The highest BCUT2D eigenvalue weighted by atomic mass is 19.1. The summed E-state index contributed by atoms with van der Waals surface area (Å²) in [5.41, 5.74) is 0.102. The van der Waals surface area contributed by atoms with Crippen molar-refractivity contribution < 1.29 is 23.6 Å². The van der Waals surface area contributed by atoms with Gasteiger partial charge >= 0.3 is 5.97 Å². The molecule has 9 heteroatoms. The molecule has 0 aliphatic heterocycles. The number of aromatic nitrogens is 3. The first kappa shape index (κ1) is 15.3. The van der Waals surface area contributed by atoms with Gasteiger partial charge in [-0.1, -0.05) is 17.3 Å². The van der Waals surface area contributed by atoms with Gasteiger partial charge in [-0.2, -0.15) is 0 Å². The minimum absolute atomic E-state index is 0.0877. The molecular weight excluding hydrogens is 319 g/mol. The molecule has 8 nitrogen and oxygen atoms in total. The Morgan fingerprint density at radius 1 is 1.12 bits per heavy atom. The summed E-state index contributed by atoms with van der Waals surface area (Å²) in [6.45, 7) is 0. The van der Waals surface area contributed by atoms with Gasteiger partial charge in [0.05, 0.1) is 12.4 Å². The topological polar surface area (TPSA) is 118 Å². The quantitative estimate of drug-likeness (QED) is 0.753. The molecule has 1 aromatic carbocycles. The normalized spacial score (nSPS) is 10.4. The first-order chi connectivity index (χ1) is 11.5. The standard InChI is InChI=1S/C15H9FN4O4/c16-9-3-1-2-8(4-9)12-5-13(20-24-12)19-14(21)10-6-18-11(7-17-10)15(22)23/h1-7H,(H,22,23)(H,19,20,21). The third-order valence-corrected chi connectivity index (χ3v) is 2.96. The van der Waals surface area contributed by atoms with Crippen molar-refractivity contribution in [2.75, 3.05) is 5.32 Å². The van der Waals surface area contributed by atoms with Crippen LogP contribution >= 0.6 is 0 Å². The van der Waals surface area contributed by atoms with E-state index in [9.17, 15) is 14.0 Å². The number of amides is 1. The van der Waals surface area contributed by atoms with Crippen molar-refractivity contribution in [3.8, 4) is 11.3 Å². The van der Waals surface area contributed by atoms with E-state index in [2.05, 4.69) is 20.4 Å². The van der Waals surface area contributed by atoms with E-state index in [1.807, 2.05) is 0 Å². The number of benzene rings is 1. The summed E-state index contributed by atoms with van der Waals surface area (Å²) < 4.78 is 18.2. The number of hydrogen-bond donors (Lipinski definition) is 2. The van der Waals surface area contributed by atoms with Gasteiger partial charge in [0.25, 0.3) is 5.91 Å². The lowest BCUT2D eigenvalue weighted by atomic mass is 10.2. The number of hydrogen-bond acceptors (Lipinski definition) is 6. The summed E-state index contributed by atoms with van der Waals surface area (Å²) in [4.78, 5) is 30.0. The number of rotatable bonds is 4. The molecule has 0 fully saturated rings. The molecule has 0 spiro atoms. The molecule has 2 N–H and O–H groups in total. The maximum Gasteiger partial charge on any atom is 0.356 e. The van der Waals surface area contributed by atoms with E-state index < -0.39 is 17.7 Å². The van der Waals surface area contributed by atoms with Gasteiger partial charge < -0.3 is 14.9 Å². The molecule has 0 radical (unpaired) electrons. The predicted molar refractivity (Wildman–Crippen MR) is 78.8 cm³/mol. The van der Waals surface area contributed by atoms with Crippen LogP contribution in [-0.4, -0.2) is 32.1 Å². The van der Waals surface area contributed by atoms with E-state index in [1.165, 1.54) is 24.3 Å². The van der Waals surface area contributed by atoms with Crippen LogP contribution in [0, 0.1) is 5.82 Å². The van der Waals surface area contributed by atoms with E-state index >= 15 is 0 Å². The van der Waals surface area contributed by atoms with Crippen LogP contribution in [0.3, 0.4) is 0 Å². The van der Waals surface area contributed by atoms with Crippen molar-refractivity contribution in [1.29, 1.82) is 0 Å². The summed E-state index contributed by atoms with van der Waals surface area (Å²) >= 11 is 0. The second-order valence-electron chi connectivity index (χ2n) is 4.63. The Bertz CT molecular complexity index is 908. The van der Waals surface area contributed by atoms with Crippen LogP contribution < -0.4 is 5.32 Å². The van der Waals surface area contributed by atoms with Gasteiger partial charge in [-0.25, -0.2) is 19.2 Å². The Morgan fingerprint density at radius 3 is 2.54 bits per heavy atom. The Hall–Kier alpha value is -3.62. The van der Waals surface area contributed by atoms with E-state index in [4.69, 9.17) is 9.63 Å². The van der Waals surface area contributed by atoms with Crippen molar-refractivity contribution in [2.24, 2.45) is 0 Å². The van der Waals surface area contributed by atoms with Crippen LogP contribution in [0.5, 0.6) is 0 Å². The highest BCUT2D eigenvalue weighted by Gasteiger charge is 2.14. The molecule has 0 aliphatic rings. The van der Waals surface area contributed by atoms with Gasteiger partial charge in [-0.3, -0.25) is 4.79 Å². The van der Waals surface area contributed by atoms with Crippen molar-refractivity contribution in [3.05, 3.63) is 59.9 Å². The average Bonchev–Trinajstić information content (AvgIpc) is 3.03. The molecule has 0 aliphatic carbocycles. The zero-order valence-corrected chi connectivity index (χ0v) is 11.9. The number of aromatic carboxylic acids is 1. The van der Waals surface area contributed by atoms with E-state index in [0.29, 0.717) is 5.56 Å². The maximum absolute atomic E-state index is 13.2. The largest absolute Gasteiger partial charge is 0.476 e. The number of carboxylic acids is 1. The Morgan fingerprint density at radius 2 is 1.88 bits per heavy atom. The Balaban J connectivity index is 1.74. The van der Waals surface area contributed by atoms with Crippen LogP contribution in [0.15, 0.2) is 47.2 Å². The molecule has 0 saturated carbocycles. The van der Waals surface area contributed by atoms with Crippen LogP contribution in [0.1, 0.15) is 21.0 Å². The summed E-state index contributed by atoms with van der Waals surface area (Å²) in [7, 11) is 0. The predicted octanol–water partition coefficient (Wildman–Crippen LogP) is 2.22. The minimum atomic E-state index is -1.24. The minimum Gasteiger partial charge on any atom is -0.476 e. The van der Waals surface area contributed by atoms with Crippen molar-refractivity contribution in [1.82, 2.24) is 15.1 Å². The maximum atomic E-state index is 13.2. The third-order valence-electron chi connectivity index (χ3n) is 2.96. The molecule has 0 saturated heterocycles. The highest BCUT2D eigenvalue weighted by Crippen LogP contribution is 2.23. The molecular formula is C15H9FN4O4. The second-order valence-corrected chi connectivity index (χ2v) is 4.63. The third kappa shape index (κ3) is 3.24. The number of nitrogens with zero attached hydrogens (tertiary/aromatic N) is 3. The zero-order chi connectivity index (χ0) is 17.1. The first-order valence-electron chi connectivity index (χ1n) is 6.62. The van der Waals surface area contributed by atoms with Crippen LogP contribution in [0.2, 0.25) is 0 Å². The summed E-state index contributed by atoms with van der Waals surface area (Å²) in [5, 5.41) is 14.8. The fourth-order valence-electron chi connectivity index (χ4n) is 1.85. The molecule has 3 aromatic rings. The Kier molecular flexibility index (Phi) is 3.98. The molecule has 24 heavy (non-hydrogen) atoms. The number of anilines is 1. The molecule has 120 valence electrons. The first-order valence-corrected chi connectivity index (χ1v) is 6.62. The van der Waals surface area contributed by atoms with Gasteiger partial charge in [0.15, 0.2) is 17.3 Å². The smallest absolute Gasteiger partial charge is 0.356 e. The van der Waals surface area contributed by atoms with Gasteiger partial charge in [-0.05, 0) is 12.1 Å².